The molecule has 1 saturated heterocycles. The molecule has 5 rings (SSSR count). The zero-order valence-electron chi connectivity index (χ0n) is 17.6. The third-order valence-corrected chi connectivity index (χ3v) is 9.07. The standard InChI is InChI=1S/C23H26FN3O2S2/c1-16-4-5-18(12-20(16)24)15-30-23-25-21-13-19(31(28,29)26-10-2-3-11-26)8-9-22(21)27(23)14-17-6-7-17/h4-5,8-9,12-13,17H,2-3,6-7,10-11,14-15H2,1H3. The van der Waals surface area contributed by atoms with Crippen LogP contribution in [0.2, 0.25) is 0 Å². The van der Waals surface area contributed by atoms with E-state index in [1.165, 1.54) is 12.8 Å². The van der Waals surface area contributed by atoms with Crippen LogP contribution in [0.1, 0.15) is 36.8 Å². The summed E-state index contributed by atoms with van der Waals surface area (Å²) < 4.78 is 43.7. The van der Waals surface area contributed by atoms with Crippen molar-refractivity contribution in [3.63, 3.8) is 0 Å². The van der Waals surface area contributed by atoms with Crippen LogP contribution >= 0.6 is 11.8 Å². The molecule has 2 aliphatic rings. The molecule has 0 N–H and O–H groups in total. The van der Waals surface area contributed by atoms with Crippen LogP contribution in [0.4, 0.5) is 4.39 Å². The van der Waals surface area contributed by atoms with E-state index in [1.54, 1.807) is 47.3 Å². The van der Waals surface area contributed by atoms with Crippen molar-refractivity contribution >= 4 is 32.8 Å². The summed E-state index contributed by atoms with van der Waals surface area (Å²) in [7, 11) is -3.47. The summed E-state index contributed by atoms with van der Waals surface area (Å²) in [4.78, 5) is 5.11. The van der Waals surface area contributed by atoms with Gasteiger partial charge in [0.2, 0.25) is 10.0 Å². The van der Waals surface area contributed by atoms with E-state index in [1.807, 2.05) is 12.1 Å². The summed E-state index contributed by atoms with van der Waals surface area (Å²) in [5.41, 5.74) is 3.22. The number of aromatic nitrogens is 2. The minimum absolute atomic E-state index is 0.193. The average molecular weight is 460 g/mol. The van der Waals surface area contributed by atoms with E-state index in [9.17, 15) is 12.8 Å². The van der Waals surface area contributed by atoms with Crippen LogP contribution in [-0.4, -0.2) is 35.4 Å². The van der Waals surface area contributed by atoms with E-state index >= 15 is 0 Å². The third kappa shape index (κ3) is 4.25. The van der Waals surface area contributed by atoms with Crippen molar-refractivity contribution < 1.29 is 12.8 Å². The van der Waals surface area contributed by atoms with Crippen molar-refractivity contribution in [3.05, 3.63) is 53.3 Å². The van der Waals surface area contributed by atoms with Gasteiger partial charge in [0.05, 0.1) is 15.9 Å². The monoisotopic (exact) mass is 459 g/mol. The second-order valence-electron chi connectivity index (χ2n) is 8.58. The van der Waals surface area contributed by atoms with Crippen LogP contribution in [0.15, 0.2) is 46.5 Å². The largest absolute Gasteiger partial charge is 0.319 e. The molecule has 164 valence electrons. The number of hydrogen-bond acceptors (Lipinski definition) is 4. The van der Waals surface area contributed by atoms with Crippen LogP contribution < -0.4 is 0 Å². The molecule has 1 aliphatic carbocycles. The maximum atomic E-state index is 13.9. The number of aryl methyl sites for hydroxylation is 1. The topological polar surface area (TPSA) is 55.2 Å². The van der Waals surface area contributed by atoms with E-state index < -0.39 is 10.0 Å². The van der Waals surface area contributed by atoms with Gasteiger partial charge >= 0.3 is 0 Å². The predicted molar refractivity (Wildman–Crippen MR) is 121 cm³/mol. The molecule has 31 heavy (non-hydrogen) atoms. The highest BCUT2D eigenvalue weighted by Gasteiger charge is 2.29. The fourth-order valence-electron chi connectivity index (χ4n) is 4.04. The number of rotatable bonds is 7. The molecule has 0 unspecified atom stereocenters. The predicted octanol–water partition coefficient (Wildman–Crippen LogP) is 4.97. The molecule has 0 spiro atoms. The van der Waals surface area contributed by atoms with Crippen molar-refractivity contribution in [2.75, 3.05) is 13.1 Å². The number of benzene rings is 2. The molecule has 0 amide bonds. The quantitative estimate of drug-likeness (QED) is 0.468. The first kappa shape index (κ1) is 21.0. The van der Waals surface area contributed by atoms with Crippen molar-refractivity contribution in [3.8, 4) is 0 Å². The molecule has 3 aromatic rings. The molecule has 0 radical (unpaired) electrons. The lowest BCUT2D eigenvalue weighted by Crippen LogP contribution is -2.27. The SMILES string of the molecule is Cc1ccc(CSc2nc3cc(S(=O)(=O)N4CCCC4)ccc3n2CC2CC2)cc1F. The molecule has 1 aromatic heterocycles. The van der Waals surface area contributed by atoms with Gasteiger partial charge in [0, 0.05) is 25.4 Å². The Morgan fingerprint density at radius 3 is 2.61 bits per heavy atom. The minimum atomic E-state index is -3.47. The summed E-state index contributed by atoms with van der Waals surface area (Å²) in [6.07, 6.45) is 4.26. The molecular formula is C23H26FN3O2S2. The van der Waals surface area contributed by atoms with Gasteiger partial charge in [-0.2, -0.15) is 4.31 Å². The Morgan fingerprint density at radius 2 is 1.90 bits per heavy atom. The zero-order chi connectivity index (χ0) is 21.6. The fourth-order valence-corrected chi connectivity index (χ4v) is 6.55. The molecule has 8 heteroatoms. The van der Waals surface area contributed by atoms with Crippen molar-refractivity contribution in [2.24, 2.45) is 5.92 Å². The van der Waals surface area contributed by atoms with Gasteiger partial charge in [0.1, 0.15) is 5.82 Å². The maximum absolute atomic E-state index is 13.9. The van der Waals surface area contributed by atoms with Gasteiger partial charge in [0.25, 0.3) is 0 Å². The van der Waals surface area contributed by atoms with Crippen LogP contribution in [0.5, 0.6) is 0 Å². The second-order valence-corrected chi connectivity index (χ2v) is 11.5. The lowest BCUT2D eigenvalue weighted by Gasteiger charge is -2.15. The first-order valence-corrected chi connectivity index (χ1v) is 13.2. The van der Waals surface area contributed by atoms with E-state index in [0.717, 1.165) is 35.6 Å². The number of hydrogen-bond donors (Lipinski definition) is 0. The van der Waals surface area contributed by atoms with Crippen molar-refractivity contribution in [1.82, 2.24) is 13.9 Å². The molecule has 1 aliphatic heterocycles. The number of imidazole rings is 1. The Balaban J connectivity index is 1.47. The molecule has 2 fully saturated rings. The van der Waals surface area contributed by atoms with Crippen LogP contribution in [-0.2, 0) is 22.3 Å². The van der Waals surface area contributed by atoms with E-state index in [0.29, 0.717) is 40.7 Å². The van der Waals surface area contributed by atoms with Gasteiger partial charge in [-0.3, -0.25) is 0 Å². The second kappa shape index (κ2) is 8.22. The van der Waals surface area contributed by atoms with Gasteiger partial charge in [-0.05, 0) is 73.9 Å². The Hall–Kier alpha value is -1.90. The van der Waals surface area contributed by atoms with Crippen LogP contribution in [0.3, 0.4) is 0 Å². The van der Waals surface area contributed by atoms with Crippen molar-refractivity contribution in [2.45, 2.75) is 55.0 Å². The highest BCUT2D eigenvalue weighted by molar-refractivity contribution is 7.98. The third-order valence-electron chi connectivity index (χ3n) is 6.13. The highest BCUT2D eigenvalue weighted by Crippen LogP contribution is 2.36. The number of halogens is 1. The summed E-state index contributed by atoms with van der Waals surface area (Å²) >= 11 is 1.57. The maximum Gasteiger partial charge on any atom is 0.243 e. The molecule has 1 saturated carbocycles. The van der Waals surface area contributed by atoms with Gasteiger partial charge in [-0.25, -0.2) is 17.8 Å². The lowest BCUT2D eigenvalue weighted by molar-refractivity contribution is 0.477. The molecule has 0 bridgehead atoms. The summed E-state index contributed by atoms with van der Waals surface area (Å²) in [6, 6.07) is 10.6. The summed E-state index contributed by atoms with van der Waals surface area (Å²) in [5, 5.41) is 0.860. The number of nitrogens with zero attached hydrogens (tertiary/aromatic N) is 3. The van der Waals surface area contributed by atoms with Crippen LogP contribution in [0.25, 0.3) is 11.0 Å². The molecule has 2 aromatic carbocycles. The zero-order valence-corrected chi connectivity index (χ0v) is 19.2. The van der Waals surface area contributed by atoms with Crippen LogP contribution in [0, 0.1) is 18.7 Å². The average Bonchev–Trinajstić information content (AvgIpc) is 3.26. The van der Waals surface area contributed by atoms with Gasteiger partial charge in [0.15, 0.2) is 5.16 Å². The lowest BCUT2D eigenvalue weighted by atomic mass is 10.2. The smallest absolute Gasteiger partial charge is 0.243 e. The minimum Gasteiger partial charge on any atom is -0.319 e. The van der Waals surface area contributed by atoms with E-state index in [-0.39, 0.29) is 5.82 Å². The molecule has 0 atom stereocenters. The van der Waals surface area contributed by atoms with Crippen molar-refractivity contribution in [1.29, 1.82) is 0 Å². The van der Waals surface area contributed by atoms with Gasteiger partial charge in [-0.15, -0.1) is 0 Å². The van der Waals surface area contributed by atoms with E-state index in [4.69, 9.17) is 4.98 Å². The number of sulfonamides is 1. The van der Waals surface area contributed by atoms with Gasteiger partial charge in [-0.1, -0.05) is 23.9 Å². The normalized spacial score (nSPS) is 17.6. The Bertz CT molecular complexity index is 1230. The molecule has 2 heterocycles. The molecule has 5 nitrogen and oxygen atoms in total. The fraction of sp³-hybridized carbons (Fsp3) is 0.435. The highest BCUT2D eigenvalue weighted by atomic mass is 32.2. The number of fused-ring (bicyclic) bond motifs is 1. The van der Waals surface area contributed by atoms with Gasteiger partial charge < -0.3 is 4.57 Å². The number of thioether (sulfide) groups is 1. The summed E-state index contributed by atoms with van der Waals surface area (Å²) in [6.45, 7) is 3.82. The Morgan fingerprint density at radius 1 is 1.13 bits per heavy atom. The van der Waals surface area contributed by atoms with E-state index in [2.05, 4.69) is 4.57 Å². The first-order valence-electron chi connectivity index (χ1n) is 10.8. The summed E-state index contributed by atoms with van der Waals surface area (Å²) in [5.74, 6) is 1.08. The molecular weight excluding hydrogens is 433 g/mol. The first-order chi connectivity index (χ1) is 14.9. The Labute approximate surface area is 186 Å². The Kier molecular flexibility index (Phi) is 5.56.